The molecule has 224 valence electrons. The van der Waals surface area contributed by atoms with Crippen molar-refractivity contribution in [3.8, 4) is 17.6 Å². The molecule has 0 aromatic carbocycles. The van der Waals surface area contributed by atoms with Gasteiger partial charge >= 0.3 is 0 Å². The molecule has 4 aliphatic rings. The van der Waals surface area contributed by atoms with Crippen LogP contribution in [0.25, 0.3) is 11.5 Å². The van der Waals surface area contributed by atoms with Gasteiger partial charge in [0, 0.05) is 74.0 Å². The summed E-state index contributed by atoms with van der Waals surface area (Å²) in [4.78, 5) is 32.5. The molecule has 0 radical (unpaired) electrons. The van der Waals surface area contributed by atoms with Crippen molar-refractivity contribution < 1.29 is 9.32 Å². The summed E-state index contributed by atoms with van der Waals surface area (Å²) in [7, 11) is 0. The molecule has 3 aromatic rings. The lowest BCUT2D eigenvalue weighted by molar-refractivity contribution is -0.126. The van der Waals surface area contributed by atoms with Crippen LogP contribution in [0.1, 0.15) is 54.5 Å². The molecule has 6 heterocycles. The molecule has 3 aromatic heterocycles. The maximum Gasteiger partial charge on any atom is 0.246 e. The van der Waals surface area contributed by atoms with Gasteiger partial charge in [-0.25, -0.2) is 4.98 Å². The maximum absolute atomic E-state index is 12.2. The first-order chi connectivity index (χ1) is 20.9. The average Bonchev–Trinajstić information content (AvgIpc) is 3.79. The fourth-order valence-electron chi connectivity index (χ4n) is 7.34. The SMILES string of the molecule is C=CC(=O)N1CCN(c2cc(-c3noc(C4(C)CCCc5sc(N)c(C#N)c54)n3)nc(N3CCN4CCC[C@@H]4C3)c2)CC1. The Morgan fingerprint density at radius 1 is 1.16 bits per heavy atom. The van der Waals surface area contributed by atoms with Gasteiger partial charge in [0.15, 0.2) is 0 Å². The molecule has 1 aliphatic carbocycles. The van der Waals surface area contributed by atoms with E-state index in [-0.39, 0.29) is 5.91 Å². The number of nitrogen functional groups attached to an aromatic ring is 1. The summed E-state index contributed by atoms with van der Waals surface area (Å²) in [6.45, 7) is 12.5. The number of nitriles is 1. The smallest absolute Gasteiger partial charge is 0.246 e. The minimum Gasteiger partial charge on any atom is -0.389 e. The van der Waals surface area contributed by atoms with Crippen LogP contribution in [0.4, 0.5) is 16.5 Å². The topological polar surface area (TPSA) is 132 Å². The largest absolute Gasteiger partial charge is 0.389 e. The highest BCUT2D eigenvalue weighted by molar-refractivity contribution is 7.16. The lowest BCUT2D eigenvalue weighted by Gasteiger charge is -2.39. The van der Waals surface area contributed by atoms with E-state index in [1.54, 1.807) is 0 Å². The lowest BCUT2D eigenvalue weighted by atomic mass is 9.72. The van der Waals surface area contributed by atoms with Gasteiger partial charge < -0.3 is 25.0 Å². The number of carbonyl (C=O) groups excluding carboxylic acids is 1. The van der Waals surface area contributed by atoms with Crippen LogP contribution in [0, 0.1) is 11.3 Å². The molecule has 1 unspecified atom stereocenters. The minimum absolute atomic E-state index is 0.0317. The molecule has 0 saturated carbocycles. The Morgan fingerprint density at radius 3 is 2.77 bits per heavy atom. The Labute approximate surface area is 255 Å². The van der Waals surface area contributed by atoms with Gasteiger partial charge in [-0.05, 0) is 57.7 Å². The highest BCUT2D eigenvalue weighted by Gasteiger charge is 2.43. The molecule has 7 rings (SSSR count). The number of hydrogen-bond acceptors (Lipinski definition) is 11. The predicted molar refractivity (Wildman–Crippen MR) is 166 cm³/mol. The van der Waals surface area contributed by atoms with Gasteiger partial charge in [0.2, 0.25) is 17.6 Å². The molecule has 12 heteroatoms. The van der Waals surface area contributed by atoms with Crippen LogP contribution in [-0.2, 0) is 16.6 Å². The summed E-state index contributed by atoms with van der Waals surface area (Å²) in [5.41, 5.74) is 8.82. The molecular weight excluding hydrogens is 562 g/mol. The van der Waals surface area contributed by atoms with E-state index in [0.717, 1.165) is 60.8 Å². The van der Waals surface area contributed by atoms with E-state index in [2.05, 4.69) is 45.5 Å². The maximum atomic E-state index is 12.2. The molecule has 1 amide bonds. The van der Waals surface area contributed by atoms with E-state index in [1.165, 1.54) is 36.8 Å². The van der Waals surface area contributed by atoms with Crippen LogP contribution in [0.5, 0.6) is 0 Å². The van der Waals surface area contributed by atoms with Crippen molar-refractivity contribution in [1.82, 2.24) is 24.9 Å². The normalized spacial score (nSPS) is 24.0. The summed E-state index contributed by atoms with van der Waals surface area (Å²) in [6.07, 6.45) is 6.50. The number of fused-ring (bicyclic) bond motifs is 2. The van der Waals surface area contributed by atoms with E-state index >= 15 is 0 Å². The molecule has 2 atom stereocenters. The van der Waals surface area contributed by atoms with Gasteiger partial charge in [-0.3, -0.25) is 9.69 Å². The first-order valence-electron chi connectivity index (χ1n) is 15.2. The number of nitrogens with two attached hydrogens (primary N) is 1. The Hall–Kier alpha value is -3.95. The molecule has 0 spiro atoms. The highest BCUT2D eigenvalue weighted by atomic mass is 32.1. The van der Waals surface area contributed by atoms with E-state index < -0.39 is 5.41 Å². The predicted octanol–water partition coefficient (Wildman–Crippen LogP) is 3.41. The third kappa shape index (κ3) is 4.84. The molecule has 11 nitrogen and oxygen atoms in total. The zero-order valence-electron chi connectivity index (χ0n) is 24.6. The summed E-state index contributed by atoms with van der Waals surface area (Å²) >= 11 is 1.50. The quantitative estimate of drug-likeness (QED) is 0.435. The van der Waals surface area contributed by atoms with Crippen LogP contribution in [0.15, 0.2) is 29.3 Å². The number of aromatic nitrogens is 3. The number of carbonyl (C=O) groups is 1. The van der Waals surface area contributed by atoms with Crippen molar-refractivity contribution in [2.45, 2.75) is 50.5 Å². The van der Waals surface area contributed by atoms with Crippen LogP contribution in [0.2, 0.25) is 0 Å². The second-order valence-corrected chi connectivity index (χ2v) is 13.4. The van der Waals surface area contributed by atoms with E-state index in [1.807, 2.05) is 11.0 Å². The van der Waals surface area contributed by atoms with Gasteiger partial charge in [-0.1, -0.05) is 11.7 Å². The Kier molecular flexibility index (Phi) is 7.10. The first-order valence-corrected chi connectivity index (χ1v) is 16.0. The monoisotopic (exact) mass is 599 g/mol. The van der Waals surface area contributed by atoms with Crippen molar-refractivity contribution in [3.63, 3.8) is 0 Å². The van der Waals surface area contributed by atoms with E-state index in [4.69, 9.17) is 20.2 Å². The fourth-order valence-corrected chi connectivity index (χ4v) is 8.53. The van der Waals surface area contributed by atoms with Crippen LogP contribution < -0.4 is 15.5 Å². The Balaban J connectivity index is 1.24. The molecule has 2 N–H and O–H groups in total. The van der Waals surface area contributed by atoms with Gasteiger partial charge in [-0.15, -0.1) is 11.3 Å². The minimum atomic E-state index is -0.592. The molecular formula is C31H37N9O2S. The van der Waals surface area contributed by atoms with Crippen LogP contribution in [-0.4, -0.2) is 89.2 Å². The zero-order chi connectivity index (χ0) is 29.7. The number of amides is 1. The summed E-state index contributed by atoms with van der Waals surface area (Å²) in [5, 5.41) is 14.9. The average molecular weight is 600 g/mol. The number of hydrogen-bond donors (Lipinski definition) is 1. The van der Waals surface area contributed by atoms with Crippen molar-refractivity contribution in [3.05, 3.63) is 46.7 Å². The number of piperazine rings is 2. The first kappa shape index (κ1) is 27.9. The Bertz CT molecular complexity index is 1600. The second-order valence-electron chi connectivity index (χ2n) is 12.2. The van der Waals surface area contributed by atoms with Gasteiger partial charge in [-0.2, -0.15) is 10.2 Å². The van der Waals surface area contributed by atoms with Crippen molar-refractivity contribution >= 4 is 33.8 Å². The lowest BCUT2D eigenvalue weighted by Crippen LogP contribution is -2.50. The fraction of sp³-hybridized carbons (Fsp3) is 0.516. The molecule has 3 aliphatic heterocycles. The number of thiophene rings is 1. The number of aryl methyl sites for hydroxylation is 1. The summed E-state index contributed by atoms with van der Waals surface area (Å²) in [6, 6.07) is 7.08. The highest BCUT2D eigenvalue weighted by Crippen LogP contribution is 2.48. The molecule has 43 heavy (non-hydrogen) atoms. The van der Waals surface area contributed by atoms with Crippen LogP contribution >= 0.6 is 11.3 Å². The number of nitrogens with zero attached hydrogens (tertiary/aromatic N) is 8. The van der Waals surface area contributed by atoms with E-state index in [0.29, 0.717) is 60.2 Å². The standard InChI is InChI=1S/C31H37N9O2S/c1-3-26(41)39-13-10-38(11-14-39)21-16-23(34-25(17-21)40-15-12-37-9-5-6-20(37)19-40)29-35-30(42-36-29)31(2)8-4-7-24-27(31)22(18-32)28(33)43-24/h3,16-17,20H,1,4-15,19,33H2,2H3/t20-,31?/m1/s1. The molecule has 3 fully saturated rings. The zero-order valence-corrected chi connectivity index (χ0v) is 25.4. The molecule has 0 bridgehead atoms. The summed E-state index contributed by atoms with van der Waals surface area (Å²) < 4.78 is 5.97. The Morgan fingerprint density at radius 2 is 1.98 bits per heavy atom. The number of pyridine rings is 1. The van der Waals surface area contributed by atoms with Gasteiger partial charge in [0.25, 0.3) is 0 Å². The third-order valence-electron chi connectivity index (χ3n) is 9.72. The number of rotatable bonds is 5. The summed E-state index contributed by atoms with van der Waals surface area (Å²) in [5.74, 6) is 1.81. The third-order valence-corrected chi connectivity index (χ3v) is 10.8. The second kappa shape index (κ2) is 11.0. The van der Waals surface area contributed by atoms with Crippen molar-refractivity contribution in [1.29, 1.82) is 5.26 Å². The van der Waals surface area contributed by atoms with Crippen molar-refractivity contribution in [2.75, 3.05) is 67.9 Å². The number of anilines is 3. The van der Waals surface area contributed by atoms with Crippen molar-refractivity contribution in [2.24, 2.45) is 0 Å². The van der Waals surface area contributed by atoms with Gasteiger partial charge in [0.05, 0.1) is 11.0 Å². The van der Waals surface area contributed by atoms with E-state index in [9.17, 15) is 10.1 Å². The molecule has 3 saturated heterocycles. The van der Waals surface area contributed by atoms with Gasteiger partial charge in [0.1, 0.15) is 22.6 Å². The van der Waals surface area contributed by atoms with Crippen LogP contribution in [0.3, 0.4) is 0 Å².